The standard InChI is InChI=1S/C27H32O3S/c1-5-21(20-31-4)19-30-27(22-9-7-6-8-10-22,23-11-15-25(28-2)16-12-23)24-13-17-26(29-3)18-14-24/h6-18,21H,5,19-20H2,1-4H3. The van der Waals surface area contributed by atoms with E-state index in [-0.39, 0.29) is 0 Å². The van der Waals surface area contributed by atoms with E-state index in [9.17, 15) is 0 Å². The molecule has 0 aliphatic carbocycles. The van der Waals surface area contributed by atoms with Gasteiger partial charge < -0.3 is 14.2 Å². The number of benzene rings is 3. The number of thioether (sulfide) groups is 1. The van der Waals surface area contributed by atoms with Gasteiger partial charge in [0.2, 0.25) is 0 Å². The predicted octanol–water partition coefficient (Wildman–Crippen LogP) is 6.40. The molecule has 31 heavy (non-hydrogen) atoms. The fraction of sp³-hybridized carbons (Fsp3) is 0.333. The van der Waals surface area contributed by atoms with Crippen molar-refractivity contribution < 1.29 is 14.2 Å². The molecule has 0 heterocycles. The highest BCUT2D eigenvalue weighted by Gasteiger charge is 2.38. The molecule has 0 N–H and O–H groups in total. The largest absolute Gasteiger partial charge is 0.497 e. The maximum absolute atomic E-state index is 6.95. The monoisotopic (exact) mass is 436 g/mol. The van der Waals surface area contributed by atoms with Crippen LogP contribution in [0, 0.1) is 5.92 Å². The molecule has 0 aliphatic rings. The molecule has 0 aromatic heterocycles. The van der Waals surface area contributed by atoms with Crippen molar-refractivity contribution in [1.82, 2.24) is 0 Å². The van der Waals surface area contributed by atoms with Crippen LogP contribution in [0.25, 0.3) is 0 Å². The van der Waals surface area contributed by atoms with Gasteiger partial charge in [-0.3, -0.25) is 0 Å². The smallest absolute Gasteiger partial charge is 0.143 e. The molecule has 1 atom stereocenters. The summed E-state index contributed by atoms with van der Waals surface area (Å²) in [5, 5.41) is 0. The van der Waals surface area contributed by atoms with Gasteiger partial charge in [0.25, 0.3) is 0 Å². The van der Waals surface area contributed by atoms with Crippen molar-refractivity contribution in [2.24, 2.45) is 5.92 Å². The van der Waals surface area contributed by atoms with E-state index in [1.165, 1.54) is 0 Å². The molecule has 3 nitrogen and oxygen atoms in total. The van der Waals surface area contributed by atoms with Gasteiger partial charge in [-0.15, -0.1) is 0 Å². The maximum Gasteiger partial charge on any atom is 0.143 e. The van der Waals surface area contributed by atoms with Crippen LogP contribution < -0.4 is 9.47 Å². The minimum absolute atomic E-state index is 0.481. The Balaban J connectivity index is 2.17. The summed E-state index contributed by atoms with van der Waals surface area (Å²) in [4.78, 5) is 0. The Morgan fingerprint density at radius 1 is 0.742 bits per heavy atom. The van der Waals surface area contributed by atoms with Crippen LogP contribution in [0.2, 0.25) is 0 Å². The molecule has 3 aromatic rings. The third kappa shape index (κ3) is 5.25. The molecule has 0 amide bonds. The molecule has 164 valence electrons. The Hall–Kier alpha value is -2.43. The van der Waals surface area contributed by atoms with Crippen molar-refractivity contribution in [2.75, 3.05) is 32.8 Å². The van der Waals surface area contributed by atoms with Crippen LogP contribution in [0.1, 0.15) is 30.0 Å². The first-order valence-electron chi connectivity index (χ1n) is 10.6. The van der Waals surface area contributed by atoms with E-state index >= 15 is 0 Å². The molecule has 0 aliphatic heterocycles. The van der Waals surface area contributed by atoms with Crippen molar-refractivity contribution in [1.29, 1.82) is 0 Å². The summed E-state index contributed by atoms with van der Waals surface area (Å²) >= 11 is 1.87. The molecular formula is C27H32O3S. The minimum atomic E-state index is -0.731. The highest BCUT2D eigenvalue weighted by Crippen LogP contribution is 2.42. The van der Waals surface area contributed by atoms with E-state index in [1.54, 1.807) is 14.2 Å². The molecular weight excluding hydrogens is 404 g/mol. The molecule has 0 fully saturated rings. The fourth-order valence-corrected chi connectivity index (χ4v) is 4.64. The maximum atomic E-state index is 6.95. The summed E-state index contributed by atoms with van der Waals surface area (Å²) < 4.78 is 17.8. The number of hydrogen-bond donors (Lipinski definition) is 0. The first kappa shape index (κ1) is 23.2. The van der Waals surface area contributed by atoms with E-state index in [2.05, 4.69) is 61.7 Å². The summed E-state index contributed by atoms with van der Waals surface area (Å²) in [7, 11) is 3.38. The SMILES string of the molecule is CCC(COC(c1ccccc1)(c1ccc(OC)cc1)c1ccc(OC)cc1)CSC. The highest BCUT2D eigenvalue weighted by molar-refractivity contribution is 7.98. The van der Waals surface area contributed by atoms with Crippen LogP contribution in [-0.2, 0) is 10.3 Å². The van der Waals surface area contributed by atoms with Gasteiger partial charge in [0.15, 0.2) is 0 Å². The molecule has 0 saturated carbocycles. The van der Waals surface area contributed by atoms with Gasteiger partial charge >= 0.3 is 0 Å². The van der Waals surface area contributed by atoms with Gasteiger partial charge in [-0.25, -0.2) is 0 Å². The quantitative estimate of drug-likeness (QED) is 0.325. The summed E-state index contributed by atoms with van der Waals surface area (Å²) in [6, 6.07) is 26.9. The summed E-state index contributed by atoms with van der Waals surface area (Å²) in [6.07, 6.45) is 3.23. The number of hydrogen-bond acceptors (Lipinski definition) is 4. The molecule has 0 saturated heterocycles. The van der Waals surface area contributed by atoms with Gasteiger partial charge in [-0.05, 0) is 58.9 Å². The zero-order valence-electron chi connectivity index (χ0n) is 18.8. The van der Waals surface area contributed by atoms with E-state index in [1.807, 2.05) is 42.1 Å². The topological polar surface area (TPSA) is 27.7 Å². The Morgan fingerprint density at radius 3 is 1.65 bits per heavy atom. The molecule has 4 heteroatoms. The van der Waals surface area contributed by atoms with Gasteiger partial charge in [-0.1, -0.05) is 67.9 Å². The highest BCUT2D eigenvalue weighted by atomic mass is 32.2. The van der Waals surface area contributed by atoms with E-state index in [0.29, 0.717) is 12.5 Å². The second-order valence-electron chi connectivity index (χ2n) is 7.54. The molecule has 0 spiro atoms. The van der Waals surface area contributed by atoms with Gasteiger partial charge in [-0.2, -0.15) is 11.8 Å². The lowest BCUT2D eigenvalue weighted by molar-refractivity contribution is -0.00499. The normalized spacial score (nSPS) is 12.4. The van der Waals surface area contributed by atoms with Crippen molar-refractivity contribution in [3.8, 4) is 11.5 Å². The first-order chi connectivity index (χ1) is 15.2. The zero-order chi connectivity index (χ0) is 22.1. The average molecular weight is 437 g/mol. The van der Waals surface area contributed by atoms with E-state index in [0.717, 1.165) is 40.4 Å². The van der Waals surface area contributed by atoms with Crippen molar-refractivity contribution in [2.45, 2.75) is 18.9 Å². The van der Waals surface area contributed by atoms with Crippen molar-refractivity contribution in [3.05, 3.63) is 95.6 Å². The Bertz CT molecular complexity index is 860. The Morgan fingerprint density at radius 2 is 1.23 bits per heavy atom. The lowest BCUT2D eigenvalue weighted by Crippen LogP contribution is -2.35. The van der Waals surface area contributed by atoms with E-state index < -0.39 is 5.60 Å². The minimum Gasteiger partial charge on any atom is -0.497 e. The average Bonchev–Trinajstić information content (AvgIpc) is 2.85. The summed E-state index contributed by atoms with van der Waals surface area (Å²) in [5.74, 6) is 3.21. The lowest BCUT2D eigenvalue weighted by atomic mass is 9.80. The van der Waals surface area contributed by atoms with Crippen LogP contribution >= 0.6 is 11.8 Å². The zero-order valence-corrected chi connectivity index (χ0v) is 19.7. The van der Waals surface area contributed by atoms with Crippen molar-refractivity contribution in [3.63, 3.8) is 0 Å². The third-order valence-corrected chi connectivity index (χ3v) is 6.49. The van der Waals surface area contributed by atoms with Gasteiger partial charge in [0.05, 0.1) is 20.8 Å². The Kier molecular flexibility index (Phi) is 8.44. The molecule has 0 radical (unpaired) electrons. The Labute approximate surface area is 190 Å². The second-order valence-corrected chi connectivity index (χ2v) is 8.46. The van der Waals surface area contributed by atoms with E-state index in [4.69, 9.17) is 14.2 Å². The van der Waals surface area contributed by atoms with Crippen LogP contribution in [0.15, 0.2) is 78.9 Å². The van der Waals surface area contributed by atoms with Crippen LogP contribution in [0.4, 0.5) is 0 Å². The second kappa shape index (κ2) is 11.3. The van der Waals surface area contributed by atoms with Gasteiger partial charge in [0.1, 0.15) is 17.1 Å². The molecule has 1 unspecified atom stereocenters. The van der Waals surface area contributed by atoms with Gasteiger partial charge in [0, 0.05) is 0 Å². The third-order valence-electron chi connectivity index (χ3n) is 5.69. The summed E-state index contributed by atoms with van der Waals surface area (Å²) in [5.41, 5.74) is 2.52. The molecule has 3 rings (SSSR count). The fourth-order valence-electron chi connectivity index (χ4n) is 3.84. The number of methoxy groups -OCH3 is 2. The van der Waals surface area contributed by atoms with Crippen molar-refractivity contribution >= 4 is 11.8 Å². The number of rotatable bonds is 11. The first-order valence-corrected chi connectivity index (χ1v) is 12.0. The molecule has 3 aromatic carbocycles. The summed E-state index contributed by atoms with van der Waals surface area (Å²) in [6.45, 7) is 2.90. The predicted molar refractivity (Wildman–Crippen MR) is 130 cm³/mol. The van der Waals surface area contributed by atoms with Crippen LogP contribution in [-0.4, -0.2) is 32.8 Å². The number of ether oxygens (including phenoxy) is 3. The van der Waals surface area contributed by atoms with Crippen LogP contribution in [0.5, 0.6) is 11.5 Å². The lowest BCUT2D eigenvalue weighted by Gasteiger charge is -2.37. The van der Waals surface area contributed by atoms with Crippen LogP contribution in [0.3, 0.4) is 0 Å². The molecule has 0 bridgehead atoms.